The number of esters is 2. The van der Waals surface area contributed by atoms with Crippen LogP contribution in [0.1, 0.15) is 31.1 Å². The highest BCUT2D eigenvalue weighted by molar-refractivity contribution is 5.89. The normalized spacial score (nSPS) is 21.9. The minimum atomic E-state index is -0.778. The fourth-order valence-electron chi connectivity index (χ4n) is 5.13. The lowest BCUT2D eigenvalue weighted by atomic mass is 9.76. The molecule has 5 rings (SSSR count). The molecule has 2 aromatic rings. The van der Waals surface area contributed by atoms with Crippen molar-refractivity contribution in [2.75, 3.05) is 34.7 Å². The average molecular weight is 497 g/mol. The zero-order chi connectivity index (χ0) is 25.6. The fourth-order valence-corrected chi connectivity index (χ4v) is 5.13. The van der Waals surface area contributed by atoms with Crippen LogP contribution in [0.2, 0.25) is 0 Å². The topological polar surface area (TPSA) is 98.8 Å². The van der Waals surface area contributed by atoms with Gasteiger partial charge in [-0.2, -0.15) is 0 Å². The third kappa shape index (κ3) is 3.70. The van der Waals surface area contributed by atoms with Crippen LogP contribution in [0.15, 0.2) is 29.8 Å². The number of ether oxygens (including phenoxy) is 7. The van der Waals surface area contributed by atoms with Gasteiger partial charge < -0.3 is 33.2 Å². The molecule has 1 fully saturated rings. The molecule has 1 aliphatic carbocycles. The second-order valence-electron chi connectivity index (χ2n) is 8.87. The van der Waals surface area contributed by atoms with Gasteiger partial charge in [-0.1, -0.05) is 6.08 Å². The predicted molar refractivity (Wildman–Crippen MR) is 128 cm³/mol. The molecule has 0 spiro atoms. The van der Waals surface area contributed by atoms with E-state index in [1.165, 1.54) is 7.11 Å². The number of carbonyl (C=O) groups is 2. The number of hydrogen-bond acceptors (Lipinski definition) is 9. The summed E-state index contributed by atoms with van der Waals surface area (Å²) >= 11 is 0. The van der Waals surface area contributed by atoms with Gasteiger partial charge in [0, 0.05) is 22.6 Å². The van der Waals surface area contributed by atoms with Crippen LogP contribution >= 0.6 is 0 Å². The number of hydrogen-bond donors (Lipinski definition) is 0. The summed E-state index contributed by atoms with van der Waals surface area (Å²) in [5.41, 5.74) is 3.36. The van der Waals surface area contributed by atoms with Gasteiger partial charge in [0.15, 0.2) is 23.0 Å². The summed E-state index contributed by atoms with van der Waals surface area (Å²) in [6, 6.07) is 5.52. The lowest BCUT2D eigenvalue weighted by Gasteiger charge is -2.32. The summed E-state index contributed by atoms with van der Waals surface area (Å²) in [4.78, 5) is 25.9. The summed E-state index contributed by atoms with van der Waals surface area (Å²) in [6.45, 7) is 3.66. The van der Waals surface area contributed by atoms with Crippen molar-refractivity contribution in [3.05, 3.63) is 41.0 Å². The van der Waals surface area contributed by atoms with Crippen molar-refractivity contribution in [3.8, 4) is 39.9 Å². The quantitative estimate of drug-likeness (QED) is 0.449. The van der Waals surface area contributed by atoms with E-state index in [-0.39, 0.29) is 19.4 Å². The fraction of sp³-hybridized carbons (Fsp3) is 0.407. The maximum Gasteiger partial charge on any atom is 0.333 e. The molecule has 190 valence electrons. The van der Waals surface area contributed by atoms with Crippen molar-refractivity contribution in [3.63, 3.8) is 0 Å². The Kier molecular flexibility index (Phi) is 6.15. The molecule has 0 N–H and O–H groups in total. The number of carbonyl (C=O) groups excluding carboxylic acids is 2. The standard InChI is InChI=1S/C27H28O9/c1-6-13(2)26(28)36-23-16-10-20-19(34-12-35-20)9-15(16)22-14(7-17-18(23)11-33-27(17)29)8-21(30-3)24(31-4)25(22)32-5/h6,8-10,17-18,23H,7,11-12H2,1-5H3/b13-6+/t17?,18-,23-/m1/s1. The Morgan fingerprint density at radius 3 is 2.39 bits per heavy atom. The lowest BCUT2D eigenvalue weighted by molar-refractivity contribution is -0.149. The molecule has 9 heteroatoms. The van der Waals surface area contributed by atoms with Gasteiger partial charge in [-0.15, -0.1) is 0 Å². The molecular weight excluding hydrogens is 468 g/mol. The molecule has 3 aliphatic rings. The monoisotopic (exact) mass is 496 g/mol. The van der Waals surface area contributed by atoms with Crippen LogP contribution in [0.4, 0.5) is 0 Å². The van der Waals surface area contributed by atoms with Crippen LogP contribution in [-0.4, -0.2) is 46.7 Å². The Balaban J connectivity index is 1.82. The van der Waals surface area contributed by atoms with Crippen molar-refractivity contribution >= 4 is 11.9 Å². The molecule has 1 saturated heterocycles. The van der Waals surface area contributed by atoms with Crippen LogP contribution in [0, 0.1) is 11.8 Å². The van der Waals surface area contributed by atoms with E-state index in [0.717, 1.165) is 11.1 Å². The van der Waals surface area contributed by atoms with Crippen molar-refractivity contribution in [1.29, 1.82) is 0 Å². The predicted octanol–water partition coefficient (Wildman–Crippen LogP) is 4.00. The molecule has 0 bridgehead atoms. The maximum atomic E-state index is 13.0. The number of rotatable bonds is 5. The van der Waals surface area contributed by atoms with E-state index in [9.17, 15) is 9.59 Å². The average Bonchev–Trinajstić information content (AvgIpc) is 3.50. The third-order valence-electron chi connectivity index (χ3n) is 7.09. The summed E-state index contributed by atoms with van der Waals surface area (Å²) in [5.74, 6) is 0.648. The van der Waals surface area contributed by atoms with Gasteiger partial charge in [-0.05, 0) is 49.6 Å². The molecule has 0 aromatic heterocycles. The minimum Gasteiger partial charge on any atom is -0.493 e. The van der Waals surface area contributed by atoms with E-state index >= 15 is 0 Å². The van der Waals surface area contributed by atoms with Crippen molar-refractivity contribution in [2.24, 2.45) is 11.8 Å². The highest BCUT2D eigenvalue weighted by Crippen LogP contribution is 2.55. The number of cyclic esters (lactones) is 1. The smallest absolute Gasteiger partial charge is 0.333 e. The first-order valence-corrected chi connectivity index (χ1v) is 11.7. The van der Waals surface area contributed by atoms with E-state index in [1.54, 1.807) is 34.1 Å². The number of methoxy groups -OCH3 is 3. The summed E-state index contributed by atoms with van der Waals surface area (Å²) in [5, 5.41) is 0. The highest BCUT2D eigenvalue weighted by atomic mass is 16.7. The molecule has 0 radical (unpaired) electrons. The van der Waals surface area contributed by atoms with E-state index in [1.807, 2.05) is 18.2 Å². The molecule has 9 nitrogen and oxygen atoms in total. The molecule has 2 heterocycles. The van der Waals surface area contributed by atoms with Gasteiger partial charge in [0.2, 0.25) is 12.5 Å². The molecule has 3 atom stereocenters. The van der Waals surface area contributed by atoms with Crippen LogP contribution in [0.3, 0.4) is 0 Å². The van der Waals surface area contributed by atoms with E-state index in [2.05, 4.69) is 0 Å². The Bertz CT molecular complexity index is 1260. The first-order chi connectivity index (χ1) is 17.4. The van der Waals surface area contributed by atoms with Crippen LogP contribution in [0.25, 0.3) is 11.1 Å². The van der Waals surface area contributed by atoms with Crippen molar-refractivity contribution < 1.29 is 42.7 Å². The van der Waals surface area contributed by atoms with Crippen LogP contribution in [-0.2, 0) is 25.5 Å². The summed E-state index contributed by atoms with van der Waals surface area (Å²) < 4.78 is 40.0. The minimum absolute atomic E-state index is 0.0734. The first kappa shape index (κ1) is 23.8. The zero-order valence-corrected chi connectivity index (χ0v) is 20.8. The van der Waals surface area contributed by atoms with Gasteiger partial charge in [-0.25, -0.2) is 4.79 Å². The first-order valence-electron chi connectivity index (χ1n) is 11.7. The number of fused-ring (bicyclic) bond motifs is 5. The zero-order valence-electron chi connectivity index (χ0n) is 20.8. The Labute approximate surface area is 208 Å². The van der Waals surface area contributed by atoms with Gasteiger partial charge >= 0.3 is 11.9 Å². The van der Waals surface area contributed by atoms with Crippen LogP contribution < -0.4 is 23.7 Å². The largest absolute Gasteiger partial charge is 0.493 e. The van der Waals surface area contributed by atoms with E-state index < -0.39 is 23.9 Å². The third-order valence-corrected chi connectivity index (χ3v) is 7.09. The number of benzene rings is 2. The second kappa shape index (κ2) is 9.29. The van der Waals surface area contributed by atoms with Crippen LogP contribution in [0.5, 0.6) is 28.7 Å². The maximum absolute atomic E-state index is 13.0. The molecule has 2 aromatic carbocycles. The van der Waals surface area contributed by atoms with Crippen molar-refractivity contribution in [1.82, 2.24) is 0 Å². The van der Waals surface area contributed by atoms with Gasteiger partial charge in [0.1, 0.15) is 6.10 Å². The second-order valence-corrected chi connectivity index (χ2v) is 8.87. The molecule has 36 heavy (non-hydrogen) atoms. The summed E-state index contributed by atoms with van der Waals surface area (Å²) in [7, 11) is 4.62. The molecule has 0 amide bonds. The Hall–Kier alpha value is -3.88. The molecule has 1 unspecified atom stereocenters. The Morgan fingerprint density at radius 2 is 1.72 bits per heavy atom. The summed E-state index contributed by atoms with van der Waals surface area (Å²) in [6.07, 6.45) is 1.24. The van der Waals surface area contributed by atoms with Gasteiger partial charge in [0.05, 0.1) is 33.9 Å². The Morgan fingerprint density at radius 1 is 1.00 bits per heavy atom. The molecular formula is C27H28O9. The van der Waals surface area contributed by atoms with E-state index in [0.29, 0.717) is 51.9 Å². The number of allylic oxidation sites excluding steroid dienone is 1. The lowest BCUT2D eigenvalue weighted by Crippen LogP contribution is -2.30. The van der Waals surface area contributed by atoms with E-state index in [4.69, 9.17) is 33.2 Å². The molecule has 2 aliphatic heterocycles. The highest BCUT2D eigenvalue weighted by Gasteiger charge is 2.47. The van der Waals surface area contributed by atoms with Gasteiger partial charge in [-0.3, -0.25) is 4.79 Å². The molecule has 0 saturated carbocycles. The van der Waals surface area contributed by atoms with Gasteiger partial charge in [0.25, 0.3) is 0 Å². The SMILES string of the molecule is C/C=C(\C)C(=O)O[C@@H]1c2cc3c(cc2-c2c(cc(OC)c(OC)c2OC)CC2C(=O)OC[C@H]21)OCO3. The van der Waals surface area contributed by atoms with Crippen molar-refractivity contribution in [2.45, 2.75) is 26.4 Å².